The molecule has 1 aliphatic heterocycles. The van der Waals surface area contributed by atoms with Gasteiger partial charge in [0.15, 0.2) is 0 Å². The molecule has 190 valence electrons. The Balaban J connectivity index is 1.49. The minimum absolute atomic E-state index is 0.0864. The summed E-state index contributed by atoms with van der Waals surface area (Å²) in [6.07, 6.45) is 6.35. The Labute approximate surface area is 211 Å². The van der Waals surface area contributed by atoms with Crippen LogP contribution in [0.25, 0.3) is 0 Å². The van der Waals surface area contributed by atoms with E-state index in [0.717, 1.165) is 5.57 Å². The second-order valence-corrected chi connectivity index (χ2v) is 8.93. The Kier molecular flexibility index (Phi) is 6.45. The largest absolute Gasteiger partial charge is 0.497 e. The lowest BCUT2D eigenvalue weighted by atomic mass is 9.87. The maximum atomic E-state index is 13.9. The second-order valence-electron chi connectivity index (χ2n) is 8.93. The predicted octanol–water partition coefficient (Wildman–Crippen LogP) is 5.39. The van der Waals surface area contributed by atoms with Crippen molar-refractivity contribution >= 4 is 17.5 Å². The summed E-state index contributed by atoms with van der Waals surface area (Å²) in [6.45, 7) is -2.56. The van der Waals surface area contributed by atoms with Crippen LogP contribution in [0, 0.1) is 11.3 Å². The molecule has 1 saturated heterocycles. The number of ether oxygens (including phenoxy) is 2. The molecule has 3 aliphatic rings. The van der Waals surface area contributed by atoms with Crippen LogP contribution in [0.4, 0.5) is 13.2 Å². The summed E-state index contributed by atoms with van der Waals surface area (Å²) in [5.74, 6) is -1.28. The molecule has 0 bridgehead atoms. The highest BCUT2D eigenvalue weighted by atomic mass is 19.3. The highest BCUT2D eigenvalue weighted by Crippen LogP contribution is 2.63. The molecule has 2 aromatic carbocycles. The molecule has 5 rings (SSSR count). The highest BCUT2D eigenvalue weighted by molar-refractivity contribution is 6.11. The molecular weight excluding hydrogens is 485 g/mol. The van der Waals surface area contributed by atoms with Gasteiger partial charge >= 0.3 is 6.61 Å². The lowest BCUT2D eigenvalue weighted by Gasteiger charge is -2.35. The number of methoxy groups -OCH3 is 1. The fourth-order valence-electron chi connectivity index (χ4n) is 5.12. The molecule has 1 heterocycles. The lowest BCUT2D eigenvalue weighted by Crippen LogP contribution is -2.46. The van der Waals surface area contributed by atoms with E-state index in [4.69, 9.17) is 4.74 Å². The van der Waals surface area contributed by atoms with Crippen molar-refractivity contribution in [1.82, 2.24) is 4.90 Å². The van der Waals surface area contributed by atoms with Crippen LogP contribution in [0.15, 0.2) is 89.2 Å². The van der Waals surface area contributed by atoms with E-state index >= 15 is 0 Å². The Morgan fingerprint density at radius 2 is 1.95 bits per heavy atom. The first-order valence-corrected chi connectivity index (χ1v) is 11.7. The first kappa shape index (κ1) is 24.5. The van der Waals surface area contributed by atoms with Crippen molar-refractivity contribution in [2.75, 3.05) is 20.2 Å². The molecule has 37 heavy (non-hydrogen) atoms. The van der Waals surface area contributed by atoms with Crippen molar-refractivity contribution < 1.29 is 32.2 Å². The van der Waals surface area contributed by atoms with Gasteiger partial charge in [-0.1, -0.05) is 30.4 Å². The van der Waals surface area contributed by atoms with Crippen LogP contribution in [0.5, 0.6) is 11.5 Å². The number of amides is 2. The van der Waals surface area contributed by atoms with Crippen molar-refractivity contribution in [2.24, 2.45) is 16.3 Å². The molecule has 1 spiro atoms. The minimum atomic E-state index is -3.09. The van der Waals surface area contributed by atoms with Crippen LogP contribution < -0.4 is 9.47 Å². The van der Waals surface area contributed by atoms with Gasteiger partial charge in [-0.25, -0.2) is 9.38 Å². The van der Waals surface area contributed by atoms with Crippen molar-refractivity contribution in [1.29, 1.82) is 0 Å². The first-order chi connectivity index (χ1) is 17.8. The van der Waals surface area contributed by atoms with E-state index < -0.39 is 23.8 Å². The fourth-order valence-corrected chi connectivity index (χ4v) is 5.12. The maximum Gasteiger partial charge on any atom is 0.387 e. The van der Waals surface area contributed by atoms with Crippen LogP contribution in [0.2, 0.25) is 0 Å². The van der Waals surface area contributed by atoms with E-state index in [1.807, 2.05) is 0 Å². The van der Waals surface area contributed by atoms with E-state index in [2.05, 4.69) is 9.73 Å². The van der Waals surface area contributed by atoms with Gasteiger partial charge in [-0.05, 0) is 48.1 Å². The third kappa shape index (κ3) is 4.57. The molecule has 2 fully saturated rings. The van der Waals surface area contributed by atoms with Gasteiger partial charge in [0, 0.05) is 36.7 Å². The Morgan fingerprint density at radius 1 is 1.14 bits per heavy atom. The Bertz CT molecular complexity index is 1380. The van der Waals surface area contributed by atoms with Gasteiger partial charge in [-0.3, -0.25) is 9.59 Å². The van der Waals surface area contributed by atoms with Gasteiger partial charge in [0.2, 0.25) is 0 Å². The van der Waals surface area contributed by atoms with Gasteiger partial charge in [0.1, 0.15) is 17.3 Å². The van der Waals surface area contributed by atoms with Gasteiger partial charge in [-0.15, -0.1) is 0 Å². The average Bonchev–Trinajstić information content (AvgIpc) is 3.56. The minimum Gasteiger partial charge on any atom is -0.497 e. The third-order valence-corrected chi connectivity index (χ3v) is 6.92. The van der Waals surface area contributed by atoms with E-state index in [1.54, 1.807) is 41.3 Å². The van der Waals surface area contributed by atoms with Crippen molar-refractivity contribution in [3.05, 3.63) is 95.4 Å². The molecule has 2 aliphatic carbocycles. The molecule has 6 nitrogen and oxygen atoms in total. The number of piperidine rings is 1. The quantitative estimate of drug-likeness (QED) is 0.543. The molecular formula is C28H23F3N2O4. The van der Waals surface area contributed by atoms with E-state index in [0.29, 0.717) is 23.6 Å². The summed E-state index contributed by atoms with van der Waals surface area (Å²) in [5, 5.41) is 0. The standard InChI is InChI=1S/C28H23F3N2O4/c1-36-19-6-4-5-17(15-19)26(35)33-14-13-24(28(16-33)21-11-9-18(29)10-12-22(21)28)32-25(34)20-7-2-3-8-23(20)37-27(30)31/h2-12,15,21,27H,13-14,16H2,1H3/t21?,28-/m1/s1. The van der Waals surface area contributed by atoms with Gasteiger partial charge in [0.25, 0.3) is 11.8 Å². The summed E-state index contributed by atoms with van der Waals surface area (Å²) < 4.78 is 49.3. The number of para-hydroxylation sites is 1. The maximum absolute atomic E-state index is 13.9. The van der Waals surface area contributed by atoms with Crippen molar-refractivity contribution in [2.45, 2.75) is 13.0 Å². The zero-order valence-electron chi connectivity index (χ0n) is 19.9. The lowest BCUT2D eigenvalue weighted by molar-refractivity contribution is -0.0501. The molecule has 2 atom stereocenters. The van der Waals surface area contributed by atoms with Crippen LogP contribution in [-0.4, -0.2) is 49.2 Å². The number of allylic oxidation sites excluding steroid dienone is 5. The Morgan fingerprint density at radius 3 is 2.73 bits per heavy atom. The van der Waals surface area contributed by atoms with E-state index in [9.17, 15) is 22.8 Å². The smallest absolute Gasteiger partial charge is 0.387 e. The zero-order chi connectivity index (χ0) is 26.2. The molecule has 1 saturated carbocycles. The van der Waals surface area contributed by atoms with Crippen LogP contribution in [0.1, 0.15) is 27.1 Å². The van der Waals surface area contributed by atoms with Crippen LogP contribution >= 0.6 is 0 Å². The van der Waals surface area contributed by atoms with Crippen LogP contribution in [0.3, 0.4) is 0 Å². The highest BCUT2D eigenvalue weighted by Gasteiger charge is 2.64. The van der Waals surface area contributed by atoms with E-state index in [1.165, 1.54) is 43.5 Å². The normalized spacial score (nSPS) is 23.3. The number of carbonyl (C=O) groups excluding carboxylic acids is 2. The monoisotopic (exact) mass is 508 g/mol. The van der Waals surface area contributed by atoms with Crippen LogP contribution in [-0.2, 0) is 0 Å². The number of hydrogen-bond donors (Lipinski definition) is 0. The number of alkyl halides is 2. The number of rotatable bonds is 5. The summed E-state index contributed by atoms with van der Waals surface area (Å²) in [5.41, 5.74) is 0.949. The first-order valence-electron chi connectivity index (χ1n) is 11.7. The second kappa shape index (κ2) is 9.72. The summed E-state index contributed by atoms with van der Waals surface area (Å²) in [7, 11) is 1.52. The molecule has 9 heteroatoms. The number of carbonyl (C=O) groups is 2. The number of nitrogens with zero attached hydrogens (tertiary/aromatic N) is 2. The number of hydrogen-bond acceptors (Lipinski definition) is 4. The molecule has 0 aromatic heterocycles. The number of benzene rings is 2. The van der Waals surface area contributed by atoms with E-state index in [-0.39, 0.29) is 36.1 Å². The average molecular weight is 508 g/mol. The molecule has 2 amide bonds. The molecule has 1 unspecified atom stereocenters. The predicted molar refractivity (Wildman–Crippen MR) is 131 cm³/mol. The van der Waals surface area contributed by atoms with Gasteiger partial charge in [-0.2, -0.15) is 8.78 Å². The summed E-state index contributed by atoms with van der Waals surface area (Å²) >= 11 is 0. The topological polar surface area (TPSA) is 68.2 Å². The molecule has 0 N–H and O–H groups in total. The SMILES string of the molecule is COc1cccc(C(=O)N2CCC(=NC(=O)c3ccccc3OC(F)F)[C@@]3(C2)C2=CC=C(F)C=CC23)c1. The summed E-state index contributed by atoms with van der Waals surface area (Å²) in [4.78, 5) is 32.6. The fraction of sp³-hybridized carbons (Fsp3) is 0.250. The van der Waals surface area contributed by atoms with Gasteiger partial charge < -0.3 is 14.4 Å². The number of likely N-dealkylation sites (tertiary alicyclic amines) is 1. The molecule has 0 radical (unpaired) electrons. The zero-order valence-corrected chi connectivity index (χ0v) is 19.9. The van der Waals surface area contributed by atoms with Crippen molar-refractivity contribution in [3.8, 4) is 11.5 Å². The number of halogens is 3. The third-order valence-electron chi connectivity index (χ3n) is 6.92. The van der Waals surface area contributed by atoms with Gasteiger partial charge in [0.05, 0.1) is 18.1 Å². The molecule has 2 aromatic rings. The number of aliphatic imine (C=N–C) groups is 1. The van der Waals surface area contributed by atoms with Crippen molar-refractivity contribution in [3.63, 3.8) is 0 Å². The summed E-state index contributed by atoms with van der Waals surface area (Å²) in [6, 6.07) is 12.5. The Hall–Kier alpha value is -4.14. The number of fused-ring (bicyclic) bond motifs is 3.